The summed E-state index contributed by atoms with van der Waals surface area (Å²) in [5.74, 6) is 2.01. The molecule has 0 saturated heterocycles. The molecule has 0 atom stereocenters. The number of benzene rings is 2. The van der Waals surface area contributed by atoms with Crippen LogP contribution in [-0.4, -0.2) is 6.61 Å². The Morgan fingerprint density at radius 3 is 2.60 bits per heavy atom. The third-order valence-electron chi connectivity index (χ3n) is 4.57. The van der Waals surface area contributed by atoms with Crippen LogP contribution in [0.2, 0.25) is 0 Å². The second-order valence-corrected chi connectivity index (χ2v) is 6.28. The van der Waals surface area contributed by atoms with E-state index >= 15 is 0 Å². The highest BCUT2D eigenvalue weighted by molar-refractivity contribution is 5.72. The van der Waals surface area contributed by atoms with E-state index in [1.807, 2.05) is 42.5 Å². The van der Waals surface area contributed by atoms with Gasteiger partial charge in [0.25, 0.3) is 0 Å². The fourth-order valence-corrected chi connectivity index (χ4v) is 3.33. The highest BCUT2D eigenvalue weighted by Crippen LogP contribution is 2.36. The zero-order valence-corrected chi connectivity index (χ0v) is 14.2. The van der Waals surface area contributed by atoms with E-state index in [0.29, 0.717) is 18.1 Å². The Labute approximate surface area is 146 Å². The largest absolute Gasteiger partial charge is 0.493 e. The zero-order valence-electron chi connectivity index (χ0n) is 14.2. The molecule has 4 rings (SSSR count). The second kappa shape index (κ2) is 6.60. The van der Waals surface area contributed by atoms with Crippen molar-refractivity contribution in [1.82, 2.24) is 0 Å². The van der Waals surface area contributed by atoms with E-state index < -0.39 is 0 Å². The Kier molecular flexibility index (Phi) is 4.14. The molecule has 3 heteroatoms. The highest BCUT2D eigenvalue weighted by Gasteiger charge is 2.22. The molecular formula is C22H20O3. The first-order valence-electron chi connectivity index (χ1n) is 8.75. The third kappa shape index (κ3) is 2.86. The van der Waals surface area contributed by atoms with Crippen LogP contribution in [0.15, 0.2) is 63.8 Å². The van der Waals surface area contributed by atoms with Gasteiger partial charge in [0.15, 0.2) is 5.43 Å². The van der Waals surface area contributed by atoms with Crippen molar-refractivity contribution < 1.29 is 9.15 Å². The van der Waals surface area contributed by atoms with Crippen LogP contribution in [0.4, 0.5) is 0 Å². The van der Waals surface area contributed by atoms with Crippen LogP contribution >= 0.6 is 0 Å². The molecular weight excluding hydrogens is 312 g/mol. The lowest BCUT2D eigenvalue weighted by Gasteiger charge is -2.19. The van der Waals surface area contributed by atoms with E-state index in [4.69, 9.17) is 9.15 Å². The predicted molar refractivity (Wildman–Crippen MR) is 99.0 cm³/mol. The number of rotatable bonds is 4. The number of para-hydroxylation sites is 1. The molecule has 2 aromatic carbocycles. The van der Waals surface area contributed by atoms with Crippen LogP contribution in [0.5, 0.6) is 5.75 Å². The van der Waals surface area contributed by atoms with Gasteiger partial charge in [0.05, 0.1) is 12.2 Å². The third-order valence-corrected chi connectivity index (χ3v) is 4.57. The van der Waals surface area contributed by atoms with Gasteiger partial charge in [-0.1, -0.05) is 43.3 Å². The van der Waals surface area contributed by atoms with Gasteiger partial charge in [0, 0.05) is 17.2 Å². The normalized spacial score (nSPS) is 12.4. The van der Waals surface area contributed by atoms with Crippen molar-refractivity contribution in [2.75, 3.05) is 6.61 Å². The molecule has 25 heavy (non-hydrogen) atoms. The maximum Gasteiger partial charge on any atom is 0.189 e. The maximum atomic E-state index is 12.7. The Morgan fingerprint density at radius 2 is 1.76 bits per heavy atom. The lowest BCUT2D eigenvalue weighted by molar-refractivity contribution is 0.318. The molecule has 0 amide bonds. The highest BCUT2D eigenvalue weighted by atomic mass is 16.5. The van der Waals surface area contributed by atoms with E-state index in [1.165, 1.54) is 5.56 Å². The summed E-state index contributed by atoms with van der Waals surface area (Å²) in [4.78, 5) is 12.7. The summed E-state index contributed by atoms with van der Waals surface area (Å²) in [6.07, 6.45) is 2.53. The Hall–Kier alpha value is -2.81. The van der Waals surface area contributed by atoms with Gasteiger partial charge in [0.2, 0.25) is 0 Å². The van der Waals surface area contributed by atoms with Gasteiger partial charge in [-0.3, -0.25) is 4.79 Å². The lowest BCUT2D eigenvalue weighted by atomic mass is 9.89. The van der Waals surface area contributed by atoms with Gasteiger partial charge < -0.3 is 9.15 Å². The van der Waals surface area contributed by atoms with Gasteiger partial charge in [-0.05, 0) is 37.0 Å². The van der Waals surface area contributed by atoms with Crippen LogP contribution in [0.25, 0.3) is 22.6 Å². The average molecular weight is 332 g/mol. The van der Waals surface area contributed by atoms with Crippen molar-refractivity contribution in [1.29, 1.82) is 0 Å². The molecule has 1 aromatic heterocycles. The van der Waals surface area contributed by atoms with Crippen molar-refractivity contribution in [3.8, 4) is 28.4 Å². The second-order valence-electron chi connectivity index (χ2n) is 6.28. The van der Waals surface area contributed by atoms with Crippen molar-refractivity contribution in [3.05, 3.63) is 75.9 Å². The Morgan fingerprint density at radius 1 is 1.00 bits per heavy atom. The minimum atomic E-state index is 0.0380. The summed E-state index contributed by atoms with van der Waals surface area (Å²) in [7, 11) is 0. The first-order valence-corrected chi connectivity index (χ1v) is 8.75. The smallest absolute Gasteiger partial charge is 0.189 e. The fourth-order valence-electron chi connectivity index (χ4n) is 3.33. The van der Waals surface area contributed by atoms with Crippen LogP contribution < -0.4 is 10.2 Å². The lowest BCUT2D eigenvalue weighted by Crippen LogP contribution is -2.15. The molecule has 0 N–H and O–H groups in total. The SMILES string of the molecule is CCCOc1ccccc1-c1cc(=O)c2c(o1)-c1ccccc1CC2. The first kappa shape index (κ1) is 15.7. The molecule has 0 radical (unpaired) electrons. The summed E-state index contributed by atoms with van der Waals surface area (Å²) >= 11 is 0. The van der Waals surface area contributed by atoms with Crippen molar-refractivity contribution in [2.24, 2.45) is 0 Å². The zero-order chi connectivity index (χ0) is 17.2. The van der Waals surface area contributed by atoms with Crippen LogP contribution in [0.1, 0.15) is 24.5 Å². The first-order chi connectivity index (χ1) is 12.3. The predicted octanol–water partition coefficient (Wildman–Crippen LogP) is 4.86. The summed E-state index contributed by atoms with van der Waals surface area (Å²) in [6.45, 7) is 2.70. The molecule has 3 aromatic rings. The monoisotopic (exact) mass is 332 g/mol. The molecule has 3 nitrogen and oxygen atoms in total. The standard InChI is InChI=1S/C22H20O3/c1-2-13-24-20-10-6-5-9-18(20)21-14-19(23)17-12-11-15-7-3-4-8-16(15)22(17)25-21/h3-10,14H,2,11-13H2,1H3. The van der Waals surface area contributed by atoms with Gasteiger partial charge in [-0.15, -0.1) is 0 Å². The van der Waals surface area contributed by atoms with Crippen LogP contribution in [-0.2, 0) is 12.8 Å². The molecule has 0 bridgehead atoms. The van der Waals surface area contributed by atoms with Crippen molar-refractivity contribution in [3.63, 3.8) is 0 Å². The number of fused-ring (bicyclic) bond motifs is 3. The maximum absolute atomic E-state index is 12.7. The van der Waals surface area contributed by atoms with E-state index in [2.05, 4.69) is 13.0 Å². The molecule has 0 unspecified atom stereocenters. The minimum absolute atomic E-state index is 0.0380. The molecule has 0 aliphatic heterocycles. The van der Waals surface area contributed by atoms with Crippen LogP contribution in [0, 0.1) is 0 Å². The van der Waals surface area contributed by atoms with E-state index in [1.54, 1.807) is 6.07 Å². The molecule has 0 spiro atoms. The number of hydrogen-bond acceptors (Lipinski definition) is 3. The molecule has 0 fully saturated rings. The Bertz CT molecular complexity index is 969. The number of ether oxygens (including phenoxy) is 1. The molecule has 1 heterocycles. The summed E-state index contributed by atoms with van der Waals surface area (Å²) in [6, 6.07) is 17.5. The average Bonchev–Trinajstić information content (AvgIpc) is 2.66. The van der Waals surface area contributed by atoms with Gasteiger partial charge in [-0.25, -0.2) is 0 Å². The minimum Gasteiger partial charge on any atom is -0.493 e. The quantitative estimate of drug-likeness (QED) is 0.685. The Balaban J connectivity index is 1.87. The van der Waals surface area contributed by atoms with Crippen molar-refractivity contribution in [2.45, 2.75) is 26.2 Å². The van der Waals surface area contributed by atoms with E-state index in [0.717, 1.165) is 41.7 Å². The molecule has 1 aliphatic carbocycles. The van der Waals surface area contributed by atoms with Gasteiger partial charge in [0.1, 0.15) is 17.3 Å². The molecule has 126 valence electrons. The fraction of sp³-hybridized carbons (Fsp3) is 0.227. The number of hydrogen-bond donors (Lipinski definition) is 0. The van der Waals surface area contributed by atoms with E-state index in [9.17, 15) is 4.79 Å². The topological polar surface area (TPSA) is 39.4 Å². The molecule has 1 aliphatic rings. The van der Waals surface area contributed by atoms with Gasteiger partial charge in [-0.2, -0.15) is 0 Å². The summed E-state index contributed by atoms with van der Waals surface area (Å²) < 4.78 is 12.1. The van der Waals surface area contributed by atoms with E-state index in [-0.39, 0.29) is 5.43 Å². The number of aryl methyl sites for hydroxylation is 1. The summed E-state index contributed by atoms with van der Waals surface area (Å²) in [5, 5.41) is 0. The summed E-state index contributed by atoms with van der Waals surface area (Å²) in [5.41, 5.74) is 3.88. The van der Waals surface area contributed by atoms with Crippen molar-refractivity contribution >= 4 is 0 Å². The van der Waals surface area contributed by atoms with Gasteiger partial charge >= 0.3 is 0 Å². The molecule has 0 saturated carbocycles. The van der Waals surface area contributed by atoms with Crippen LogP contribution in [0.3, 0.4) is 0 Å².